The third kappa shape index (κ3) is 2.96. The molecule has 0 aliphatic carbocycles. The zero-order chi connectivity index (χ0) is 16.6. The molecule has 2 aromatic carbocycles. The maximum atomic E-state index is 10.7. The van der Waals surface area contributed by atoms with Gasteiger partial charge < -0.3 is 10.2 Å². The maximum absolute atomic E-state index is 10.7. The molecule has 0 spiro atoms. The predicted octanol–water partition coefficient (Wildman–Crippen LogP) is 5.63. The summed E-state index contributed by atoms with van der Waals surface area (Å²) < 4.78 is 0. The van der Waals surface area contributed by atoms with E-state index in [-0.39, 0.29) is 23.3 Å². The summed E-state index contributed by atoms with van der Waals surface area (Å²) in [6.07, 6.45) is 0. The van der Waals surface area contributed by atoms with Gasteiger partial charge >= 0.3 is 0 Å². The normalized spacial score (nSPS) is 11.5. The molecule has 0 unspecified atom stereocenters. The smallest absolute Gasteiger partial charge is 0.127 e. The average molecular weight is 298 g/mol. The lowest BCUT2D eigenvalue weighted by Gasteiger charge is -2.18. The average Bonchev–Trinajstić information content (AvgIpc) is 2.42. The van der Waals surface area contributed by atoms with Gasteiger partial charge in [-0.3, -0.25) is 0 Å². The van der Waals surface area contributed by atoms with E-state index in [0.29, 0.717) is 11.1 Å². The summed E-state index contributed by atoms with van der Waals surface area (Å²) in [6.45, 7) is 12.3. The lowest BCUT2D eigenvalue weighted by atomic mass is 9.89. The molecule has 0 aliphatic rings. The number of hydrogen-bond acceptors (Lipinski definition) is 2. The minimum atomic E-state index is 0.232. The summed E-state index contributed by atoms with van der Waals surface area (Å²) in [6, 6.07) is 7.92. The molecule has 118 valence electrons. The number of phenols is 2. The van der Waals surface area contributed by atoms with Gasteiger partial charge in [0, 0.05) is 11.1 Å². The van der Waals surface area contributed by atoms with Gasteiger partial charge in [-0.05, 0) is 60.1 Å². The van der Waals surface area contributed by atoms with Crippen molar-refractivity contribution in [3.05, 3.63) is 46.5 Å². The van der Waals surface area contributed by atoms with Gasteiger partial charge in [-0.15, -0.1) is 0 Å². The van der Waals surface area contributed by atoms with Crippen molar-refractivity contribution in [3.63, 3.8) is 0 Å². The zero-order valence-corrected chi connectivity index (χ0v) is 14.4. The highest BCUT2D eigenvalue weighted by Crippen LogP contribution is 2.43. The van der Waals surface area contributed by atoms with Gasteiger partial charge in [0.05, 0.1) is 0 Å². The van der Waals surface area contributed by atoms with Gasteiger partial charge in [0.1, 0.15) is 11.5 Å². The van der Waals surface area contributed by atoms with Gasteiger partial charge in [-0.2, -0.15) is 0 Å². The first-order chi connectivity index (χ1) is 10.2. The highest BCUT2D eigenvalue weighted by molar-refractivity contribution is 5.79. The highest BCUT2D eigenvalue weighted by atomic mass is 16.3. The van der Waals surface area contributed by atoms with Crippen molar-refractivity contribution in [2.75, 3.05) is 0 Å². The van der Waals surface area contributed by atoms with Crippen LogP contribution >= 0.6 is 0 Å². The molecular formula is C20H26O2. The molecule has 0 saturated heterocycles. The number of aryl methyl sites for hydroxylation is 2. The van der Waals surface area contributed by atoms with Crippen molar-refractivity contribution < 1.29 is 10.2 Å². The molecule has 0 heterocycles. The van der Waals surface area contributed by atoms with E-state index in [1.807, 2.05) is 38.1 Å². The first-order valence-electron chi connectivity index (χ1n) is 7.89. The Hall–Kier alpha value is -1.96. The largest absolute Gasteiger partial charge is 0.507 e. The zero-order valence-electron chi connectivity index (χ0n) is 14.4. The third-order valence-corrected chi connectivity index (χ3v) is 4.10. The summed E-state index contributed by atoms with van der Waals surface area (Å²) in [5.74, 6) is 1.01. The van der Waals surface area contributed by atoms with Crippen LogP contribution in [0.1, 0.15) is 61.8 Å². The monoisotopic (exact) mass is 298 g/mol. The molecule has 2 aromatic rings. The van der Waals surface area contributed by atoms with Crippen LogP contribution in [-0.2, 0) is 0 Å². The van der Waals surface area contributed by atoms with E-state index in [1.54, 1.807) is 0 Å². The van der Waals surface area contributed by atoms with Crippen LogP contribution in [0.2, 0.25) is 0 Å². The van der Waals surface area contributed by atoms with Crippen molar-refractivity contribution in [2.45, 2.75) is 53.4 Å². The Balaban J connectivity index is 2.77. The summed E-state index contributed by atoms with van der Waals surface area (Å²) >= 11 is 0. The molecule has 0 aliphatic heterocycles. The predicted molar refractivity (Wildman–Crippen MR) is 92.9 cm³/mol. The van der Waals surface area contributed by atoms with E-state index in [0.717, 1.165) is 22.3 Å². The van der Waals surface area contributed by atoms with Gasteiger partial charge in [-0.25, -0.2) is 0 Å². The number of phenolic OH excluding ortho intramolecular Hbond substituents is 2. The fourth-order valence-electron chi connectivity index (χ4n) is 2.90. The van der Waals surface area contributed by atoms with E-state index in [4.69, 9.17) is 0 Å². The van der Waals surface area contributed by atoms with E-state index in [1.165, 1.54) is 0 Å². The first-order valence-corrected chi connectivity index (χ1v) is 7.89. The first kappa shape index (κ1) is 16.4. The second-order valence-electron chi connectivity index (χ2n) is 6.81. The summed E-state index contributed by atoms with van der Waals surface area (Å²) in [4.78, 5) is 0. The van der Waals surface area contributed by atoms with E-state index < -0.39 is 0 Å². The van der Waals surface area contributed by atoms with E-state index in [2.05, 4.69) is 27.7 Å². The SMILES string of the molecule is Cc1cc(-c2cc(C)cc(C(C)C)c2O)c(O)c(C(C)C)c1. The molecule has 0 saturated carbocycles. The molecule has 0 fully saturated rings. The van der Waals surface area contributed by atoms with Crippen LogP contribution < -0.4 is 0 Å². The lowest BCUT2D eigenvalue weighted by molar-refractivity contribution is 0.458. The molecule has 0 aromatic heterocycles. The second kappa shape index (κ2) is 6.04. The summed E-state index contributed by atoms with van der Waals surface area (Å²) in [5, 5.41) is 21.3. The van der Waals surface area contributed by atoms with Crippen LogP contribution in [0.25, 0.3) is 11.1 Å². The van der Waals surface area contributed by atoms with Crippen LogP contribution in [0, 0.1) is 13.8 Å². The van der Waals surface area contributed by atoms with Crippen LogP contribution in [-0.4, -0.2) is 10.2 Å². The van der Waals surface area contributed by atoms with E-state index in [9.17, 15) is 10.2 Å². The maximum Gasteiger partial charge on any atom is 0.127 e. The molecule has 2 nitrogen and oxygen atoms in total. The number of rotatable bonds is 3. The fraction of sp³-hybridized carbons (Fsp3) is 0.400. The molecule has 0 atom stereocenters. The number of aromatic hydroxyl groups is 2. The van der Waals surface area contributed by atoms with Crippen molar-refractivity contribution in [3.8, 4) is 22.6 Å². The fourth-order valence-corrected chi connectivity index (χ4v) is 2.90. The van der Waals surface area contributed by atoms with Crippen LogP contribution in [0.3, 0.4) is 0 Å². The quantitative estimate of drug-likeness (QED) is 0.771. The Kier molecular flexibility index (Phi) is 4.50. The Morgan fingerprint density at radius 2 is 0.955 bits per heavy atom. The van der Waals surface area contributed by atoms with Gasteiger partial charge in [0.15, 0.2) is 0 Å². The van der Waals surface area contributed by atoms with Crippen molar-refractivity contribution >= 4 is 0 Å². The van der Waals surface area contributed by atoms with Crippen LogP contribution in [0.4, 0.5) is 0 Å². The van der Waals surface area contributed by atoms with Gasteiger partial charge in [0.2, 0.25) is 0 Å². The Bertz CT molecular complexity index is 636. The van der Waals surface area contributed by atoms with Crippen molar-refractivity contribution in [1.29, 1.82) is 0 Å². The lowest BCUT2D eigenvalue weighted by Crippen LogP contribution is -1.96. The Morgan fingerprint density at radius 1 is 0.636 bits per heavy atom. The number of hydrogen-bond donors (Lipinski definition) is 2. The summed E-state index contributed by atoms with van der Waals surface area (Å²) in [5.41, 5.74) is 5.44. The number of benzene rings is 2. The minimum Gasteiger partial charge on any atom is -0.507 e. The third-order valence-electron chi connectivity index (χ3n) is 4.10. The standard InChI is InChI=1S/C20H26O2/c1-11(2)15-7-13(5)9-17(19(15)21)18-10-14(6)8-16(12(3)4)20(18)22/h7-12,21-22H,1-6H3. The molecule has 0 radical (unpaired) electrons. The molecule has 0 bridgehead atoms. The highest BCUT2D eigenvalue weighted by Gasteiger charge is 2.18. The van der Waals surface area contributed by atoms with Gasteiger partial charge in [0.25, 0.3) is 0 Å². The molecule has 2 N–H and O–H groups in total. The minimum absolute atomic E-state index is 0.232. The van der Waals surface area contributed by atoms with Crippen molar-refractivity contribution in [1.82, 2.24) is 0 Å². The second-order valence-corrected chi connectivity index (χ2v) is 6.81. The van der Waals surface area contributed by atoms with Crippen LogP contribution in [0.15, 0.2) is 24.3 Å². The summed E-state index contributed by atoms with van der Waals surface area (Å²) in [7, 11) is 0. The Labute approximate surface area is 133 Å². The van der Waals surface area contributed by atoms with Crippen molar-refractivity contribution in [2.24, 2.45) is 0 Å². The molecule has 0 amide bonds. The molecule has 22 heavy (non-hydrogen) atoms. The van der Waals surface area contributed by atoms with E-state index >= 15 is 0 Å². The Morgan fingerprint density at radius 3 is 1.23 bits per heavy atom. The molecular weight excluding hydrogens is 272 g/mol. The van der Waals surface area contributed by atoms with Gasteiger partial charge in [-0.1, -0.05) is 39.8 Å². The molecule has 2 rings (SSSR count). The molecule has 2 heteroatoms. The topological polar surface area (TPSA) is 40.5 Å². The van der Waals surface area contributed by atoms with Crippen LogP contribution in [0.5, 0.6) is 11.5 Å².